The van der Waals surface area contributed by atoms with Crippen LogP contribution in [0.3, 0.4) is 0 Å². The molecule has 1 saturated heterocycles. The van der Waals surface area contributed by atoms with Gasteiger partial charge in [-0.15, -0.1) is 0 Å². The number of aromatic nitrogens is 2. The first-order valence-corrected chi connectivity index (χ1v) is 8.79. The smallest absolute Gasteiger partial charge is 0.248 e. The van der Waals surface area contributed by atoms with Crippen LogP contribution in [0.4, 0.5) is 11.5 Å². The molecular weight excluding hydrogens is 356 g/mol. The molecule has 2 N–H and O–H groups in total. The van der Waals surface area contributed by atoms with Gasteiger partial charge in [-0.3, -0.25) is 0 Å². The molecule has 0 amide bonds. The highest BCUT2D eigenvalue weighted by molar-refractivity contribution is 9.10. The maximum absolute atomic E-state index is 6.31. The van der Waals surface area contributed by atoms with Crippen LogP contribution in [0, 0.1) is 0 Å². The zero-order valence-corrected chi connectivity index (χ0v) is 14.8. The second kappa shape index (κ2) is 7.17. The molecule has 1 aliphatic rings. The summed E-state index contributed by atoms with van der Waals surface area (Å²) in [5.74, 6) is 1.91. The molecule has 0 saturated carbocycles. The van der Waals surface area contributed by atoms with Crippen molar-refractivity contribution in [3.63, 3.8) is 0 Å². The summed E-state index contributed by atoms with van der Waals surface area (Å²) in [6.45, 7) is 3.19. The lowest BCUT2D eigenvalue weighted by atomic mass is 10.00. The van der Waals surface area contributed by atoms with Crippen LogP contribution in [0.1, 0.15) is 32.6 Å². The van der Waals surface area contributed by atoms with E-state index in [1.54, 1.807) is 0 Å². The van der Waals surface area contributed by atoms with Crippen LogP contribution in [0.5, 0.6) is 11.6 Å². The molecule has 1 aromatic heterocycles. The van der Waals surface area contributed by atoms with Crippen LogP contribution in [0.2, 0.25) is 0 Å². The maximum atomic E-state index is 6.31. The molecule has 1 atom stereocenters. The Morgan fingerprint density at radius 2 is 2.04 bits per heavy atom. The Hall–Kier alpha value is -1.82. The third-order valence-electron chi connectivity index (χ3n) is 4.22. The normalized spacial score (nSPS) is 18.0. The summed E-state index contributed by atoms with van der Waals surface area (Å²) in [6, 6.07) is 8.08. The minimum Gasteiger partial charge on any atom is -0.437 e. The Balaban J connectivity index is 1.87. The molecule has 1 aromatic carbocycles. The van der Waals surface area contributed by atoms with Gasteiger partial charge in [0.25, 0.3) is 0 Å². The molecule has 3 rings (SSSR count). The van der Waals surface area contributed by atoms with Gasteiger partial charge in [-0.25, -0.2) is 4.98 Å². The highest BCUT2D eigenvalue weighted by Gasteiger charge is 2.25. The lowest BCUT2D eigenvalue weighted by molar-refractivity contribution is 0.442. The predicted molar refractivity (Wildman–Crippen MR) is 95.9 cm³/mol. The van der Waals surface area contributed by atoms with Crippen molar-refractivity contribution in [1.29, 1.82) is 0 Å². The molecule has 2 heterocycles. The van der Waals surface area contributed by atoms with Crippen LogP contribution in [0.25, 0.3) is 0 Å². The number of rotatable bonds is 4. The van der Waals surface area contributed by atoms with Gasteiger partial charge in [0.15, 0.2) is 5.82 Å². The van der Waals surface area contributed by atoms with E-state index < -0.39 is 0 Å². The van der Waals surface area contributed by atoms with Gasteiger partial charge < -0.3 is 15.4 Å². The number of ether oxygens (including phenoxy) is 1. The lowest BCUT2D eigenvalue weighted by Crippen LogP contribution is -2.40. The number of hydrogen-bond donors (Lipinski definition) is 1. The number of benzene rings is 1. The molecule has 5 nitrogen and oxygen atoms in total. The monoisotopic (exact) mass is 376 g/mol. The first kappa shape index (κ1) is 16.1. The Morgan fingerprint density at radius 3 is 2.78 bits per heavy atom. The first-order valence-electron chi connectivity index (χ1n) is 7.99. The summed E-state index contributed by atoms with van der Waals surface area (Å²) in [7, 11) is 0. The molecule has 0 bridgehead atoms. The zero-order valence-electron chi connectivity index (χ0n) is 13.2. The van der Waals surface area contributed by atoms with E-state index in [9.17, 15) is 0 Å². The van der Waals surface area contributed by atoms with Gasteiger partial charge in [-0.05, 0) is 49.9 Å². The van der Waals surface area contributed by atoms with Gasteiger partial charge in [0.1, 0.15) is 17.8 Å². The molecule has 1 unspecified atom stereocenters. The van der Waals surface area contributed by atoms with Crippen molar-refractivity contribution < 1.29 is 4.74 Å². The van der Waals surface area contributed by atoms with Crippen molar-refractivity contribution in [2.24, 2.45) is 0 Å². The molecule has 122 valence electrons. The summed E-state index contributed by atoms with van der Waals surface area (Å²) in [6.07, 6.45) is 6.24. The molecule has 0 radical (unpaired) electrons. The van der Waals surface area contributed by atoms with Crippen LogP contribution in [-0.2, 0) is 0 Å². The number of nitrogens with zero attached hydrogens (tertiary/aromatic N) is 3. The van der Waals surface area contributed by atoms with Crippen molar-refractivity contribution >= 4 is 27.4 Å². The van der Waals surface area contributed by atoms with Crippen LogP contribution >= 0.6 is 15.9 Å². The Kier molecular flexibility index (Phi) is 5.00. The van der Waals surface area contributed by atoms with E-state index in [4.69, 9.17) is 10.5 Å². The largest absolute Gasteiger partial charge is 0.437 e. The van der Waals surface area contributed by atoms with E-state index in [1.807, 2.05) is 24.3 Å². The van der Waals surface area contributed by atoms with Crippen LogP contribution < -0.4 is 15.4 Å². The summed E-state index contributed by atoms with van der Waals surface area (Å²) in [5.41, 5.74) is 6.82. The minimum atomic E-state index is 0.415. The minimum absolute atomic E-state index is 0.415. The van der Waals surface area contributed by atoms with E-state index in [-0.39, 0.29) is 0 Å². The van der Waals surface area contributed by atoms with Gasteiger partial charge in [-0.2, -0.15) is 4.98 Å². The van der Waals surface area contributed by atoms with Gasteiger partial charge in [-0.1, -0.05) is 22.9 Å². The molecule has 1 aliphatic heterocycles. The summed E-state index contributed by atoms with van der Waals surface area (Å²) in [4.78, 5) is 10.9. The number of halogens is 1. The molecule has 23 heavy (non-hydrogen) atoms. The second-order valence-corrected chi connectivity index (χ2v) is 6.64. The Labute approximate surface area is 145 Å². The van der Waals surface area contributed by atoms with E-state index >= 15 is 0 Å². The number of anilines is 2. The Morgan fingerprint density at radius 1 is 1.26 bits per heavy atom. The topological polar surface area (TPSA) is 64.3 Å². The average molecular weight is 377 g/mol. The van der Waals surface area contributed by atoms with Crippen LogP contribution in [0.15, 0.2) is 35.1 Å². The van der Waals surface area contributed by atoms with Gasteiger partial charge in [0, 0.05) is 17.1 Å². The molecule has 6 heteroatoms. The van der Waals surface area contributed by atoms with E-state index in [0.717, 1.165) is 23.3 Å². The summed E-state index contributed by atoms with van der Waals surface area (Å²) in [5, 5.41) is 0. The Bertz CT molecular complexity index is 662. The number of nitrogen functional groups attached to an aromatic ring is 1. The second-order valence-electron chi connectivity index (χ2n) is 5.72. The lowest BCUT2D eigenvalue weighted by Gasteiger charge is -2.36. The van der Waals surface area contributed by atoms with Crippen molar-refractivity contribution in [3.8, 4) is 11.6 Å². The third-order valence-corrected chi connectivity index (χ3v) is 4.75. The standard InChI is InChI=1S/C17H21BrN4O/c1-2-13-5-3-4-10-22(13)16-15(19)17(21-11-20-16)23-14-8-6-12(18)7-9-14/h6-9,11,13H,2-5,10,19H2,1H3. The summed E-state index contributed by atoms with van der Waals surface area (Å²) < 4.78 is 6.84. The van der Waals surface area contributed by atoms with Gasteiger partial charge >= 0.3 is 0 Å². The van der Waals surface area contributed by atoms with Gasteiger partial charge in [0.05, 0.1) is 0 Å². The average Bonchev–Trinajstić information content (AvgIpc) is 2.59. The number of nitrogens with two attached hydrogens (primary N) is 1. The third kappa shape index (κ3) is 3.58. The molecular formula is C17H21BrN4O. The molecule has 2 aromatic rings. The highest BCUT2D eigenvalue weighted by atomic mass is 79.9. The number of piperidine rings is 1. The predicted octanol–water partition coefficient (Wildman–Crippen LogP) is 4.38. The zero-order chi connectivity index (χ0) is 16.2. The quantitative estimate of drug-likeness (QED) is 0.857. The summed E-state index contributed by atoms with van der Waals surface area (Å²) >= 11 is 3.41. The van der Waals surface area contributed by atoms with Crippen molar-refractivity contribution in [3.05, 3.63) is 35.1 Å². The fourth-order valence-electron chi connectivity index (χ4n) is 3.00. The molecule has 0 spiro atoms. The first-order chi connectivity index (χ1) is 11.2. The van der Waals surface area contributed by atoms with Crippen LogP contribution in [-0.4, -0.2) is 22.6 Å². The fourth-order valence-corrected chi connectivity index (χ4v) is 3.26. The molecule has 1 fully saturated rings. The number of hydrogen-bond acceptors (Lipinski definition) is 5. The van der Waals surface area contributed by atoms with E-state index in [0.29, 0.717) is 23.4 Å². The van der Waals surface area contributed by atoms with Crippen molar-refractivity contribution in [2.75, 3.05) is 17.2 Å². The maximum Gasteiger partial charge on any atom is 0.248 e. The SMILES string of the molecule is CCC1CCCCN1c1ncnc(Oc2ccc(Br)cc2)c1N. The van der Waals surface area contributed by atoms with E-state index in [2.05, 4.69) is 37.7 Å². The van der Waals surface area contributed by atoms with E-state index in [1.165, 1.54) is 25.6 Å². The van der Waals surface area contributed by atoms with Gasteiger partial charge in [0.2, 0.25) is 5.88 Å². The van der Waals surface area contributed by atoms with Crippen molar-refractivity contribution in [2.45, 2.75) is 38.6 Å². The molecule has 0 aliphatic carbocycles. The highest BCUT2D eigenvalue weighted by Crippen LogP contribution is 2.35. The van der Waals surface area contributed by atoms with Crippen molar-refractivity contribution in [1.82, 2.24) is 9.97 Å². The fraction of sp³-hybridized carbons (Fsp3) is 0.412.